The number of ether oxygens (including phenoxy) is 1. The number of hydrogen-bond donors (Lipinski definition) is 1. The first kappa shape index (κ1) is 20.4. The largest absolute Gasteiger partial charge is 0.379 e. The van der Waals surface area contributed by atoms with Crippen molar-refractivity contribution in [1.82, 2.24) is 9.29 Å². The highest BCUT2D eigenvalue weighted by atomic mass is 32.2. The van der Waals surface area contributed by atoms with Gasteiger partial charge in [0.15, 0.2) is 0 Å². The molecule has 30 heavy (non-hydrogen) atoms. The maximum Gasteiger partial charge on any atom is 0.256 e. The Morgan fingerprint density at radius 1 is 1.13 bits per heavy atom. The highest BCUT2D eigenvalue weighted by Gasteiger charge is 2.26. The first-order valence-corrected chi connectivity index (χ1v) is 10.8. The van der Waals surface area contributed by atoms with Crippen LogP contribution in [0.15, 0.2) is 53.4 Å². The number of carbonyl (C=O) groups excluding carboxylic acids is 1. The van der Waals surface area contributed by atoms with Gasteiger partial charge in [-0.15, -0.1) is 0 Å². The number of halogens is 1. The second-order valence-electron chi connectivity index (χ2n) is 6.97. The number of sulfonamides is 1. The fraction of sp³-hybridized carbons (Fsp3) is 0.238. The lowest BCUT2D eigenvalue weighted by Gasteiger charge is -2.26. The first-order valence-electron chi connectivity index (χ1n) is 9.41. The normalized spacial score (nSPS) is 15.3. The van der Waals surface area contributed by atoms with Gasteiger partial charge in [0.25, 0.3) is 5.91 Å². The van der Waals surface area contributed by atoms with Gasteiger partial charge in [-0.05, 0) is 43.3 Å². The molecule has 0 aliphatic carbocycles. The molecule has 0 radical (unpaired) electrons. The summed E-state index contributed by atoms with van der Waals surface area (Å²) >= 11 is 0. The topological polar surface area (TPSA) is 88.6 Å². The molecule has 1 fully saturated rings. The Hall–Kier alpha value is -2.88. The minimum atomic E-state index is -3.68. The quantitative estimate of drug-likeness (QED) is 0.689. The number of aryl methyl sites for hydroxylation is 1. The Morgan fingerprint density at radius 2 is 1.90 bits per heavy atom. The van der Waals surface area contributed by atoms with Crippen LogP contribution in [0.2, 0.25) is 0 Å². The Bertz CT molecular complexity index is 1220. The zero-order chi connectivity index (χ0) is 21.3. The van der Waals surface area contributed by atoms with Crippen LogP contribution in [0, 0.1) is 12.7 Å². The number of rotatable bonds is 4. The number of nitrogens with one attached hydrogen (secondary N) is 1. The Balaban J connectivity index is 1.63. The summed E-state index contributed by atoms with van der Waals surface area (Å²) in [6.07, 6.45) is 0. The van der Waals surface area contributed by atoms with Gasteiger partial charge in [0.1, 0.15) is 5.82 Å². The third-order valence-electron chi connectivity index (χ3n) is 4.84. The van der Waals surface area contributed by atoms with Gasteiger partial charge in [-0.2, -0.15) is 4.31 Å². The summed E-state index contributed by atoms with van der Waals surface area (Å²) in [4.78, 5) is 17.3. The predicted octanol–water partition coefficient (Wildman–Crippen LogP) is 2.96. The van der Waals surface area contributed by atoms with Crippen molar-refractivity contribution in [2.45, 2.75) is 11.8 Å². The summed E-state index contributed by atoms with van der Waals surface area (Å²) < 4.78 is 45.9. The molecule has 0 spiro atoms. The van der Waals surface area contributed by atoms with E-state index in [2.05, 4.69) is 10.3 Å². The number of hydrogen-bond acceptors (Lipinski definition) is 5. The Morgan fingerprint density at radius 3 is 2.67 bits per heavy atom. The van der Waals surface area contributed by atoms with Gasteiger partial charge >= 0.3 is 0 Å². The molecule has 2 aromatic carbocycles. The molecule has 1 saturated heterocycles. The van der Waals surface area contributed by atoms with Crippen molar-refractivity contribution in [3.8, 4) is 0 Å². The fourth-order valence-electron chi connectivity index (χ4n) is 3.39. The van der Waals surface area contributed by atoms with Crippen molar-refractivity contribution in [2.24, 2.45) is 0 Å². The lowest BCUT2D eigenvalue weighted by atomic mass is 10.1. The zero-order valence-corrected chi connectivity index (χ0v) is 17.1. The number of morpholine rings is 1. The number of benzene rings is 2. The highest BCUT2D eigenvalue weighted by molar-refractivity contribution is 7.89. The van der Waals surface area contributed by atoms with Gasteiger partial charge in [0, 0.05) is 35.9 Å². The molecule has 7 nitrogen and oxygen atoms in total. The van der Waals surface area contributed by atoms with E-state index < -0.39 is 21.7 Å². The standard InChI is InChI=1S/C21H20FN3O4S/c1-14-11-19(18-6-5-15(22)12-20(18)23-14)21(26)24-16-3-2-4-17(13-16)30(27,28)25-7-9-29-10-8-25/h2-6,11-13H,7-10H2,1H3,(H,24,26). The van der Waals surface area contributed by atoms with Crippen molar-refractivity contribution in [1.29, 1.82) is 0 Å². The highest BCUT2D eigenvalue weighted by Crippen LogP contribution is 2.23. The van der Waals surface area contributed by atoms with E-state index in [1.807, 2.05) is 0 Å². The average Bonchev–Trinajstić information content (AvgIpc) is 2.73. The maximum atomic E-state index is 13.5. The molecule has 1 N–H and O–H groups in total. The van der Waals surface area contributed by atoms with Crippen molar-refractivity contribution < 1.29 is 22.3 Å². The van der Waals surface area contributed by atoms with E-state index in [4.69, 9.17) is 4.74 Å². The molecule has 0 bridgehead atoms. The van der Waals surface area contributed by atoms with Gasteiger partial charge in [-0.3, -0.25) is 9.78 Å². The van der Waals surface area contributed by atoms with E-state index in [1.54, 1.807) is 25.1 Å². The number of nitrogens with zero attached hydrogens (tertiary/aromatic N) is 2. The first-order chi connectivity index (χ1) is 14.3. The number of carbonyl (C=O) groups is 1. The number of fused-ring (bicyclic) bond motifs is 1. The van der Waals surface area contributed by atoms with E-state index in [9.17, 15) is 17.6 Å². The van der Waals surface area contributed by atoms with E-state index in [1.165, 1.54) is 34.6 Å². The molecular weight excluding hydrogens is 409 g/mol. The summed E-state index contributed by atoms with van der Waals surface area (Å²) in [5.74, 6) is -0.869. The average molecular weight is 429 g/mol. The fourth-order valence-corrected chi connectivity index (χ4v) is 4.84. The van der Waals surface area contributed by atoms with Crippen LogP contribution in [0.5, 0.6) is 0 Å². The van der Waals surface area contributed by atoms with Crippen LogP contribution in [-0.4, -0.2) is 49.9 Å². The predicted molar refractivity (Wildman–Crippen MR) is 110 cm³/mol. The summed E-state index contributed by atoms with van der Waals surface area (Å²) in [5, 5.41) is 3.25. The molecule has 3 aromatic rings. The summed E-state index contributed by atoms with van der Waals surface area (Å²) in [7, 11) is -3.68. The molecule has 1 amide bonds. The molecule has 4 rings (SSSR count). The Kier molecular flexibility index (Phi) is 5.50. The molecule has 2 heterocycles. The second kappa shape index (κ2) is 8.10. The van der Waals surface area contributed by atoms with E-state index in [0.717, 1.165) is 0 Å². The SMILES string of the molecule is Cc1cc(C(=O)Nc2cccc(S(=O)(=O)N3CCOCC3)c2)c2ccc(F)cc2n1. The van der Waals surface area contributed by atoms with E-state index in [0.29, 0.717) is 41.1 Å². The molecule has 0 unspecified atom stereocenters. The Labute approximate surface area is 173 Å². The van der Waals surface area contributed by atoms with E-state index in [-0.39, 0.29) is 18.0 Å². The van der Waals surface area contributed by atoms with Gasteiger partial charge in [0.2, 0.25) is 10.0 Å². The smallest absolute Gasteiger partial charge is 0.256 e. The molecule has 9 heteroatoms. The van der Waals surface area contributed by atoms with Gasteiger partial charge in [-0.25, -0.2) is 12.8 Å². The summed E-state index contributed by atoms with van der Waals surface area (Å²) in [6.45, 7) is 3.00. The van der Waals surface area contributed by atoms with Crippen LogP contribution in [0.3, 0.4) is 0 Å². The van der Waals surface area contributed by atoms with Crippen molar-refractivity contribution in [3.05, 3.63) is 65.6 Å². The molecule has 156 valence electrons. The molecule has 0 atom stereocenters. The van der Waals surface area contributed by atoms with Crippen LogP contribution >= 0.6 is 0 Å². The lowest BCUT2D eigenvalue weighted by Crippen LogP contribution is -2.40. The van der Waals surface area contributed by atoms with Crippen molar-refractivity contribution >= 4 is 32.5 Å². The number of anilines is 1. The van der Waals surface area contributed by atoms with Crippen LogP contribution in [0.4, 0.5) is 10.1 Å². The maximum absolute atomic E-state index is 13.5. The van der Waals surface area contributed by atoms with Crippen LogP contribution in [0.25, 0.3) is 10.9 Å². The monoisotopic (exact) mass is 429 g/mol. The number of aromatic nitrogens is 1. The molecule has 1 aliphatic heterocycles. The minimum Gasteiger partial charge on any atom is -0.379 e. The molecule has 0 saturated carbocycles. The van der Waals surface area contributed by atoms with Crippen molar-refractivity contribution in [3.63, 3.8) is 0 Å². The zero-order valence-electron chi connectivity index (χ0n) is 16.3. The molecule has 1 aromatic heterocycles. The summed E-state index contributed by atoms with van der Waals surface area (Å²) in [6, 6.07) is 11.8. The number of pyridine rings is 1. The van der Waals surface area contributed by atoms with E-state index >= 15 is 0 Å². The van der Waals surface area contributed by atoms with Crippen LogP contribution < -0.4 is 5.32 Å². The molecule has 1 aliphatic rings. The van der Waals surface area contributed by atoms with Crippen LogP contribution in [0.1, 0.15) is 16.1 Å². The lowest BCUT2D eigenvalue weighted by molar-refractivity contribution is 0.0730. The van der Waals surface area contributed by atoms with Crippen LogP contribution in [-0.2, 0) is 14.8 Å². The van der Waals surface area contributed by atoms with Gasteiger partial charge in [0.05, 0.1) is 29.2 Å². The van der Waals surface area contributed by atoms with Gasteiger partial charge in [-0.1, -0.05) is 6.07 Å². The third kappa shape index (κ3) is 4.04. The number of amides is 1. The van der Waals surface area contributed by atoms with Crippen molar-refractivity contribution in [2.75, 3.05) is 31.6 Å². The minimum absolute atomic E-state index is 0.0973. The third-order valence-corrected chi connectivity index (χ3v) is 6.74. The summed E-state index contributed by atoms with van der Waals surface area (Å²) in [5.41, 5.74) is 1.63. The molecular formula is C21H20FN3O4S. The van der Waals surface area contributed by atoms with Gasteiger partial charge < -0.3 is 10.1 Å². The second-order valence-corrected chi connectivity index (χ2v) is 8.91.